The minimum Gasteiger partial charge on any atom is -0.370 e. The van der Waals surface area contributed by atoms with Gasteiger partial charge >= 0.3 is 0 Å². The van der Waals surface area contributed by atoms with Crippen molar-refractivity contribution in [1.82, 2.24) is 4.98 Å². The number of rotatable bonds is 5. The van der Waals surface area contributed by atoms with Crippen molar-refractivity contribution in [2.45, 2.75) is 34.6 Å². The summed E-state index contributed by atoms with van der Waals surface area (Å²) in [6, 6.07) is 1.94. The molecular formula is C14H23ClN2. The molecule has 17 heavy (non-hydrogen) atoms. The molecule has 0 saturated carbocycles. The van der Waals surface area contributed by atoms with E-state index >= 15 is 0 Å². The van der Waals surface area contributed by atoms with Crippen molar-refractivity contribution in [3.05, 3.63) is 23.0 Å². The third-order valence-electron chi connectivity index (χ3n) is 2.56. The number of aromatic nitrogens is 1. The van der Waals surface area contributed by atoms with E-state index in [9.17, 15) is 0 Å². The van der Waals surface area contributed by atoms with Gasteiger partial charge in [-0.05, 0) is 30.4 Å². The van der Waals surface area contributed by atoms with Crippen LogP contribution in [0.5, 0.6) is 0 Å². The number of hydrogen-bond donors (Lipinski definition) is 0. The van der Waals surface area contributed by atoms with Gasteiger partial charge in [-0.3, -0.25) is 0 Å². The first-order chi connectivity index (χ1) is 7.90. The molecule has 0 aliphatic carbocycles. The Bertz CT molecular complexity index is 351. The smallest absolute Gasteiger partial charge is 0.129 e. The summed E-state index contributed by atoms with van der Waals surface area (Å²) in [4.78, 5) is 6.61. The predicted octanol–water partition coefficient (Wildman–Crippen LogP) is 4.16. The normalized spacial score (nSPS) is 11.3. The Hall–Kier alpha value is -0.760. The summed E-state index contributed by atoms with van der Waals surface area (Å²) < 4.78 is 0. The second-order valence-electron chi connectivity index (χ2n) is 5.49. The van der Waals surface area contributed by atoms with Crippen molar-refractivity contribution < 1.29 is 0 Å². The molecule has 0 saturated heterocycles. The van der Waals surface area contributed by atoms with Crippen molar-refractivity contribution in [2.75, 3.05) is 18.0 Å². The molecule has 96 valence electrons. The monoisotopic (exact) mass is 254 g/mol. The zero-order valence-electron chi connectivity index (χ0n) is 11.5. The first-order valence-corrected chi connectivity index (χ1v) is 6.65. The number of nitrogens with zero attached hydrogens (tertiary/aromatic N) is 2. The van der Waals surface area contributed by atoms with Crippen LogP contribution < -0.4 is 4.90 Å². The molecule has 3 heteroatoms. The summed E-state index contributed by atoms with van der Waals surface area (Å²) in [6.07, 6.45) is 1.89. The zero-order chi connectivity index (χ0) is 13.0. The number of halogens is 1. The van der Waals surface area contributed by atoms with E-state index in [1.54, 1.807) is 0 Å². The van der Waals surface area contributed by atoms with E-state index in [1.165, 1.54) is 11.3 Å². The molecule has 1 rings (SSSR count). The van der Waals surface area contributed by atoms with Crippen LogP contribution in [0.1, 0.15) is 33.3 Å². The van der Waals surface area contributed by atoms with Crippen LogP contribution in [0.15, 0.2) is 12.3 Å². The molecular weight excluding hydrogens is 232 g/mol. The van der Waals surface area contributed by atoms with Crippen molar-refractivity contribution in [3.63, 3.8) is 0 Å². The molecule has 0 aromatic carbocycles. The Morgan fingerprint density at radius 3 is 2.12 bits per heavy atom. The third-order valence-corrected chi connectivity index (χ3v) is 2.77. The Labute approximate surface area is 110 Å². The Balaban J connectivity index is 2.95. The highest BCUT2D eigenvalue weighted by atomic mass is 35.5. The first-order valence-electron chi connectivity index (χ1n) is 6.27. The molecule has 1 aromatic rings. The van der Waals surface area contributed by atoms with Gasteiger partial charge in [-0.1, -0.05) is 39.3 Å². The molecule has 0 fully saturated rings. The lowest BCUT2D eigenvalue weighted by Gasteiger charge is -2.29. The summed E-state index contributed by atoms with van der Waals surface area (Å²) >= 11 is 5.90. The lowest BCUT2D eigenvalue weighted by Crippen LogP contribution is -2.31. The fourth-order valence-corrected chi connectivity index (χ4v) is 2.21. The summed E-state index contributed by atoms with van der Waals surface area (Å²) in [5, 5.41) is 0.570. The van der Waals surface area contributed by atoms with Gasteiger partial charge < -0.3 is 4.90 Å². The van der Waals surface area contributed by atoms with E-state index in [2.05, 4.69) is 44.5 Å². The highest BCUT2D eigenvalue weighted by Crippen LogP contribution is 2.23. The Morgan fingerprint density at radius 1 is 1.18 bits per heavy atom. The zero-order valence-corrected chi connectivity index (χ0v) is 12.3. The van der Waals surface area contributed by atoms with Crippen LogP contribution in [0.4, 0.5) is 5.69 Å². The molecule has 0 atom stereocenters. The minimum atomic E-state index is 0.570. The maximum atomic E-state index is 5.90. The standard InChI is InChI=1S/C14H23ClN2/c1-10(2)8-17(9-11(3)4)13-7-16-14(15)6-12(13)5/h6-7,10-11H,8-9H2,1-5H3. The largest absolute Gasteiger partial charge is 0.370 e. The minimum absolute atomic E-state index is 0.570. The van der Waals surface area contributed by atoms with Crippen molar-refractivity contribution >= 4 is 17.3 Å². The molecule has 0 bridgehead atoms. The fraction of sp³-hybridized carbons (Fsp3) is 0.643. The summed E-state index contributed by atoms with van der Waals surface area (Å²) in [5.74, 6) is 1.28. The molecule has 1 aromatic heterocycles. The summed E-state index contributed by atoms with van der Waals surface area (Å²) in [6.45, 7) is 13.2. The Morgan fingerprint density at radius 2 is 1.71 bits per heavy atom. The quantitative estimate of drug-likeness (QED) is 0.734. The van der Waals surface area contributed by atoms with Crippen LogP contribution in [0.3, 0.4) is 0 Å². The number of anilines is 1. The van der Waals surface area contributed by atoms with Crippen molar-refractivity contribution in [1.29, 1.82) is 0 Å². The van der Waals surface area contributed by atoms with Gasteiger partial charge in [0.1, 0.15) is 5.15 Å². The molecule has 0 aliphatic rings. The lowest BCUT2D eigenvalue weighted by atomic mass is 10.1. The molecule has 0 radical (unpaired) electrons. The van der Waals surface area contributed by atoms with E-state index in [-0.39, 0.29) is 0 Å². The van der Waals surface area contributed by atoms with Gasteiger partial charge in [0.05, 0.1) is 11.9 Å². The average molecular weight is 255 g/mol. The summed E-state index contributed by atoms with van der Waals surface area (Å²) in [7, 11) is 0. The maximum Gasteiger partial charge on any atom is 0.129 e. The van der Waals surface area contributed by atoms with E-state index in [0.717, 1.165) is 13.1 Å². The molecule has 0 unspecified atom stereocenters. The van der Waals surface area contributed by atoms with Crippen LogP contribution in [-0.4, -0.2) is 18.1 Å². The highest BCUT2D eigenvalue weighted by molar-refractivity contribution is 6.29. The van der Waals surface area contributed by atoms with Crippen LogP contribution in [0.2, 0.25) is 5.15 Å². The van der Waals surface area contributed by atoms with E-state index in [0.29, 0.717) is 17.0 Å². The van der Waals surface area contributed by atoms with E-state index in [1.807, 2.05) is 12.3 Å². The van der Waals surface area contributed by atoms with Crippen LogP contribution in [-0.2, 0) is 0 Å². The van der Waals surface area contributed by atoms with Gasteiger partial charge in [0, 0.05) is 13.1 Å². The fourth-order valence-electron chi connectivity index (χ4n) is 2.00. The second kappa shape index (κ2) is 6.25. The molecule has 2 nitrogen and oxygen atoms in total. The van der Waals surface area contributed by atoms with Crippen LogP contribution >= 0.6 is 11.6 Å². The van der Waals surface area contributed by atoms with Crippen LogP contribution in [0.25, 0.3) is 0 Å². The lowest BCUT2D eigenvalue weighted by molar-refractivity contribution is 0.551. The highest BCUT2D eigenvalue weighted by Gasteiger charge is 2.13. The molecule has 1 heterocycles. The van der Waals surface area contributed by atoms with Gasteiger partial charge in [0.15, 0.2) is 0 Å². The average Bonchev–Trinajstić information content (AvgIpc) is 2.14. The van der Waals surface area contributed by atoms with Gasteiger partial charge in [-0.15, -0.1) is 0 Å². The second-order valence-corrected chi connectivity index (χ2v) is 5.87. The molecule has 0 N–H and O–H groups in total. The van der Waals surface area contributed by atoms with Gasteiger partial charge in [-0.2, -0.15) is 0 Å². The SMILES string of the molecule is Cc1cc(Cl)ncc1N(CC(C)C)CC(C)C. The molecule has 0 spiro atoms. The number of pyridine rings is 1. The maximum absolute atomic E-state index is 5.90. The number of hydrogen-bond acceptors (Lipinski definition) is 2. The van der Waals surface area contributed by atoms with Crippen molar-refractivity contribution in [2.24, 2.45) is 11.8 Å². The molecule has 0 amide bonds. The first kappa shape index (κ1) is 14.3. The van der Waals surface area contributed by atoms with E-state index < -0.39 is 0 Å². The van der Waals surface area contributed by atoms with Gasteiger partial charge in [0.2, 0.25) is 0 Å². The summed E-state index contributed by atoms with van der Waals surface area (Å²) in [5.41, 5.74) is 2.41. The van der Waals surface area contributed by atoms with Crippen molar-refractivity contribution in [3.8, 4) is 0 Å². The van der Waals surface area contributed by atoms with Gasteiger partial charge in [0.25, 0.3) is 0 Å². The Kier molecular flexibility index (Phi) is 5.26. The molecule has 0 aliphatic heterocycles. The predicted molar refractivity (Wildman–Crippen MR) is 75.9 cm³/mol. The van der Waals surface area contributed by atoms with E-state index in [4.69, 9.17) is 11.6 Å². The number of aryl methyl sites for hydroxylation is 1. The third kappa shape index (κ3) is 4.55. The topological polar surface area (TPSA) is 16.1 Å². The van der Waals surface area contributed by atoms with Crippen LogP contribution in [0, 0.1) is 18.8 Å². The van der Waals surface area contributed by atoms with Gasteiger partial charge in [-0.25, -0.2) is 4.98 Å².